The molecule has 1 atom stereocenters. The number of aryl methyl sites for hydroxylation is 1. The summed E-state index contributed by atoms with van der Waals surface area (Å²) >= 11 is 0. The number of benzene rings is 2. The number of nitrogens with zero attached hydrogens (tertiary/aromatic N) is 2. The highest BCUT2D eigenvalue weighted by Crippen LogP contribution is 2.16. The van der Waals surface area contributed by atoms with Crippen LogP contribution in [0, 0.1) is 6.92 Å². The van der Waals surface area contributed by atoms with Crippen LogP contribution in [0.4, 0.5) is 0 Å². The Morgan fingerprint density at radius 1 is 1.13 bits per heavy atom. The van der Waals surface area contributed by atoms with Crippen LogP contribution in [0.15, 0.2) is 53.5 Å². The first-order valence-electron chi connectivity index (χ1n) is 11.0. The van der Waals surface area contributed by atoms with Crippen molar-refractivity contribution in [2.24, 2.45) is 4.99 Å². The first-order valence-corrected chi connectivity index (χ1v) is 11.0. The first-order chi connectivity index (χ1) is 14.5. The Morgan fingerprint density at radius 2 is 1.90 bits per heavy atom. The van der Waals surface area contributed by atoms with Gasteiger partial charge < -0.3 is 15.5 Å². The second-order valence-corrected chi connectivity index (χ2v) is 8.13. The van der Waals surface area contributed by atoms with E-state index in [1.165, 1.54) is 16.7 Å². The number of likely N-dealkylation sites (tertiary alicyclic amines) is 1. The summed E-state index contributed by atoms with van der Waals surface area (Å²) in [6.07, 6.45) is 1.67. The Morgan fingerprint density at radius 3 is 2.57 bits per heavy atom. The van der Waals surface area contributed by atoms with Crippen molar-refractivity contribution in [3.05, 3.63) is 70.8 Å². The van der Waals surface area contributed by atoms with E-state index in [0.29, 0.717) is 25.4 Å². The molecule has 2 N–H and O–H groups in total. The zero-order chi connectivity index (χ0) is 21.3. The van der Waals surface area contributed by atoms with Crippen LogP contribution >= 0.6 is 0 Å². The summed E-state index contributed by atoms with van der Waals surface area (Å²) in [6, 6.07) is 17.1. The quantitative estimate of drug-likeness (QED) is 0.515. The number of hydrogen-bond acceptors (Lipinski definition) is 2. The molecular weight excluding hydrogens is 372 g/mol. The van der Waals surface area contributed by atoms with Gasteiger partial charge in [-0.05, 0) is 42.9 Å². The van der Waals surface area contributed by atoms with Crippen LogP contribution in [0.25, 0.3) is 0 Å². The number of guanidine groups is 1. The number of aliphatic imine (C=N–C) groups is 1. The van der Waals surface area contributed by atoms with Gasteiger partial charge in [-0.1, -0.05) is 61.0 Å². The van der Waals surface area contributed by atoms with E-state index in [1.54, 1.807) is 0 Å². The van der Waals surface area contributed by atoms with E-state index in [-0.39, 0.29) is 5.91 Å². The average Bonchev–Trinajstić information content (AvgIpc) is 3.15. The Balaban J connectivity index is 1.54. The predicted octanol–water partition coefficient (Wildman–Crippen LogP) is 3.98. The van der Waals surface area contributed by atoms with E-state index in [2.05, 4.69) is 79.9 Å². The maximum absolute atomic E-state index is 11.8. The van der Waals surface area contributed by atoms with Gasteiger partial charge in [-0.25, -0.2) is 4.99 Å². The molecule has 1 fully saturated rings. The Labute approximate surface area is 180 Å². The lowest BCUT2D eigenvalue weighted by atomic mass is 9.99. The molecule has 2 aromatic carbocycles. The lowest BCUT2D eigenvalue weighted by Gasteiger charge is -2.17. The second kappa shape index (κ2) is 10.8. The molecule has 0 saturated carbocycles. The molecule has 0 aliphatic carbocycles. The van der Waals surface area contributed by atoms with Crippen LogP contribution in [0.1, 0.15) is 54.9 Å². The maximum atomic E-state index is 11.8. The zero-order valence-electron chi connectivity index (χ0n) is 18.4. The van der Waals surface area contributed by atoms with Gasteiger partial charge in [-0.2, -0.15) is 0 Å². The van der Waals surface area contributed by atoms with E-state index in [9.17, 15) is 4.79 Å². The largest absolute Gasteiger partial charge is 0.357 e. The van der Waals surface area contributed by atoms with E-state index in [1.807, 2.05) is 4.90 Å². The number of carbonyl (C=O) groups excluding carboxylic acids is 1. The summed E-state index contributed by atoms with van der Waals surface area (Å²) < 4.78 is 0. The average molecular weight is 407 g/mol. The Kier molecular flexibility index (Phi) is 7.89. The third-order valence-electron chi connectivity index (χ3n) is 5.52. The summed E-state index contributed by atoms with van der Waals surface area (Å²) in [7, 11) is 0. The predicted molar refractivity (Wildman–Crippen MR) is 124 cm³/mol. The minimum atomic E-state index is 0.268. The fourth-order valence-electron chi connectivity index (χ4n) is 3.70. The number of rotatable bonds is 8. The lowest BCUT2D eigenvalue weighted by molar-refractivity contribution is -0.128. The highest BCUT2D eigenvalue weighted by atomic mass is 16.2. The van der Waals surface area contributed by atoms with Crippen molar-refractivity contribution in [1.82, 2.24) is 15.5 Å². The van der Waals surface area contributed by atoms with Gasteiger partial charge in [0, 0.05) is 32.6 Å². The van der Waals surface area contributed by atoms with E-state index < -0.39 is 0 Å². The highest BCUT2D eigenvalue weighted by molar-refractivity contribution is 5.79. The molecule has 1 aliphatic rings. The van der Waals surface area contributed by atoms with Gasteiger partial charge in [0.1, 0.15) is 0 Å². The molecule has 0 spiro atoms. The number of nitrogens with one attached hydrogen (secondary N) is 2. The van der Waals surface area contributed by atoms with Gasteiger partial charge in [0.05, 0.1) is 6.54 Å². The zero-order valence-corrected chi connectivity index (χ0v) is 18.4. The molecule has 5 nitrogen and oxygen atoms in total. The maximum Gasteiger partial charge on any atom is 0.222 e. The van der Waals surface area contributed by atoms with Crippen LogP contribution in [-0.4, -0.2) is 36.4 Å². The van der Waals surface area contributed by atoms with Crippen LogP contribution in [0.2, 0.25) is 0 Å². The molecule has 0 bridgehead atoms. The Hall–Kier alpha value is -2.82. The fraction of sp³-hybridized carbons (Fsp3) is 0.440. The van der Waals surface area contributed by atoms with Crippen molar-refractivity contribution in [3.8, 4) is 0 Å². The smallest absolute Gasteiger partial charge is 0.222 e. The molecule has 3 rings (SSSR count). The minimum Gasteiger partial charge on any atom is -0.357 e. The van der Waals surface area contributed by atoms with Crippen LogP contribution in [0.3, 0.4) is 0 Å². The SMILES string of the molecule is CCNC(=NCc1ccc(CN2CCCC2=O)cc1)NCC(C)c1cccc(C)c1. The van der Waals surface area contributed by atoms with Gasteiger partial charge in [0.2, 0.25) is 5.91 Å². The molecule has 1 amide bonds. The van der Waals surface area contributed by atoms with Gasteiger partial charge in [0.25, 0.3) is 0 Å². The summed E-state index contributed by atoms with van der Waals surface area (Å²) in [5, 5.41) is 6.80. The standard InChI is InChI=1S/C25H34N4O/c1-4-26-25(27-16-20(3)23-8-5-7-19(2)15-23)28-17-21-10-12-22(13-11-21)18-29-14-6-9-24(29)30/h5,7-8,10-13,15,20H,4,6,9,14,16-18H2,1-3H3,(H2,26,27,28). The van der Waals surface area contributed by atoms with Crippen molar-refractivity contribution < 1.29 is 4.79 Å². The van der Waals surface area contributed by atoms with Crippen LogP contribution in [-0.2, 0) is 17.9 Å². The van der Waals surface area contributed by atoms with Gasteiger partial charge in [-0.15, -0.1) is 0 Å². The van der Waals surface area contributed by atoms with Crippen LogP contribution in [0.5, 0.6) is 0 Å². The number of carbonyl (C=O) groups is 1. The molecule has 1 saturated heterocycles. The molecule has 5 heteroatoms. The number of amides is 1. The lowest BCUT2D eigenvalue weighted by Crippen LogP contribution is -2.39. The first kappa shape index (κ1) is 21.9. The summed E-state index contributed by atoms with van der Waals surface area (Å²) in [6.45, 7) is 10.3. The summed E-state index contributed by atoms with van der Waals surface area (Å²) in [5.74, 6) is 1.51. The molecule has 0 radical (unpaired) electrons. The van der Waals surface area contributed by atoms with E-state index >= 15 is 0 Å². The summed E-state index contributed by atoms with van der Waals surface area (Å²) in [4.78, 5) is 18.5. The fourth-order valence-corrected chi connectivity index (χ4v) is 3.70. The van der Waals surface area contributed by atoms with Crippen molar-refractivity contribution in [1.29, 1.82) is 0 Å². The van der Waals surface area contributed by atoms with E-state index in [4.69, 9.17) is 4.99 Å². The monoisotopic (exact) mass is 406 g/mol. The topological polar surface area (TPSA) is 56.7 Å². The normalized spacial score (nSPS) is 15.4. The van der Waals surface area contributed by atoms with Crippen molar-refractivity contribution in [3.63, 3.8) is 0 Å². The van der Waals surface area contributed by atoms with Crippen molar-refractivity contribution >= 4 is 11.9 Å². The molecule has 30 heavy (non-hydrogen) atoms. The van der Waals surface area contributed by atoms with Crippen LogP contribution < -0.4 is 10.6 Å². The molecular formula is C25H34N4O. The third kappa shape index (κ3) is 6.34. The molecule has 160 valence electrons. The van der Waals surface area contributed by atoms with Gasteiger partial charge in [0.15, 0.2) is 5.96 Å². The molecule has 2 aromatic rings. The molecule has 1 heterocycles. The minimum absolute atomic E-state index is 0.268. The summed E-state index contributed by atoms with van der Waals surface area (Å²) in [5.41, 5.74) is 4.97. The van der Waals surface area contributed by atoms with Crippen molar-refractivity contribution in [2.45, 2.75) is 52.6 Å². The third-order valence-corrected chi connectivity index (χ3v) is 5.52. The molecule has 0 aromatic heterocycles. The molecule has 1 aliphatic heterocycles. The van der Waals surface area contributed by atoms with Gasteiger partial charge in [-0.3, -0.25) is 4.79 Å². The van der Waals surface area contributed by atoms with Gasteiger partial charge >= 0.3 is 0 Å². The Bertz CT molecular complexity index is 860. The molecule has 1 unspecified atom stereocenters. The number of hydrogen-bond donors (Lipinski definition) is 2. The van der Waals surface area contributed by atoms with E-state index in [0.717, 1.165) is 37.6 Å². The highest BCUT2D eigenvalue weighted by Gasteiger charge is 2.19. The van der Waals surface area contributed by atoms with Crippen molar-refractivity contribution in [2.75, 3.05) is 19.6 Å². The second-order valence-electron chi connectivity index (χ2n) is 8.13.